The summed E-state index contributed by atoms with van der Waals surface area (Å²) < 4.78 is 2.27. The van der Waals surface area contributed by atoms with Gasteiger partial charge < -0.3 is 10.2 Å². The molecule has 84 valence electrons. The van der Waals surface area contributed by atoms with Crippen molar-refractivity contribution in [3.05, 3.63) is 35.9 Å². The van der Waals surface area contributed by atoms with E-state index >= 15 is 0 Å². The second kappa shape index (κ2) is 4.87. The van der Waals surface area contributed by atoms with E-state index in [1.165, 1.54) is 0 Å². The standard InChI is InChI=1S/C9H9Cl3O3/c10-9(11,12)15-8(13,14)6-7-4-2-1-3-5-7/h1-5,13-14H,6H2. The van der Waals surface area contributed by atoms with Gasteiger partial charge in [0.15, 0.2) is 0 Å². The molecule has 1 aromatic rings. The molecular weight excluding hydrogens is 262 g/mol. The predicted octanol–water partition coefficient (Wildman–Crippen LogP) is 2.21. The fourth-order valence-corrected chi connectivity index (χ4v) is 1.45. The van der Waals surface area contributed by atoms with E-state index in [2.05, 4.69) is 4.74 Å². The molecule has 0 amide bonds. The predicted molar refractivity (Wildman–Crippen MR) is 58.7 cm³/mol. The molecule has 0 atom stereocenters. The molecule has 0 spiro atoms. The van der Waals surface area contributed by atoms with Crippen molar-refractivity contribution in [1.82, 2.24) is 0 Å². The number of ether oxygens (including phenoxy) is 1. The van der Waals surface area contributed by atoms with Gasteiger partial charge in [-0.3, -0.25) is 4.74 Å². The van der Waals surface area contributed by atoms with Crippen LogP contribution in [0.4, 0.5) is 0 Å². The summed E-state index contributed by atoms with van der Waals surface area (Å²) in [7, 11) is 0. The number of rotatable bonds is 3. The van der Waals surface area contributed by atoms with E-state index in [4.69, 9.17) is 34.8 Å². The van der Waals surface area contributed by atoms with E-state index in [9.17, 15) is 10.2 Å². The Hall–Kier alpha value is -0.0300. The Balaban J connectivity index is 2.65. The lowest BCUT2D eigenvalue weighted by Gasteiger charge is -2.25. The van der Waals surface area contributed by atoms with Gasteiger partial charge in [0.2, 0.25) is 0 Å². The summed E-state index contributed by atoms with van der Waals surface area (Å²) in [5.41, 5.74) is 0.650. The first-order valence-electron chi connectivity index (χ1n) is 4.04. The van der Waals surface area contributed by atoms with E-state index in [0.717, 1.165) is 0 Å². The molecule has 2 N–H and O–H groups in total. The number of hydrogen-bond donors (Lipinski definition) is 2. The molecule has 0 aromatic heterocycles. The highest BCUT2D eigenvalue weighted by Gasteiger charge is 2.35. The highest BCUT2D eigenvalue weighted by molar-refractivity contribution is 6.66. The van der Waals surface area contributed by atoms with E-state index < -0.39 is 9.95 Å². The van der Waals surface area contributed by atoms with Gasteiger partial charge >= 0.3 is 3.98 Å². The van der Waals surface area contributed by atoms with Gasteiger partial charge in [-0.1, -0.05) is 65.1 Å². The lowest BCUT2D eigenvalue weighted by molar-refractivity contribution is -0.339. The van der Waals surface area contributed by atoms with Gasteiger partial charge in [0, 0.05) is 0 Å². The largest absolute Gasteiger partial charge is 0.343 e. The molecule has 0 fully saturated rings. The average Bonchev–Trinajstić information content (AvgIpc) is 1.99. The monoisotopic (exact) mass is 270 g/mol. The Kier molecular flexibility index (Phi) is 4.23. The van der Waals surface area contributed by atoms with Gasteiger partial charge in [-0.05, 0) is 5.56 Å². The Morgan fingerprint density at radius 3 is 2.07 bits per heavy atom. The van der Waals surface area contributed by atoms with Crippen LogP contribution < -0.4 is 0 Å². The van der Waals surface area contributed by atoms with Gasteiger partial charge in [0.25, 0.3) is 5.97 Å². The molecule has 0 saturated heterocycles. The number of aliphatic hydroxyl groups is 2. The molecule has 0 aliphatic rings. The van der Waals surface area contributed by atoms with Gasteiger partial charge in [0.05, 0.1) is 6.42 Å². The van der Waals surface area contributed by atoms with Crippen LogP contribution in [-0.2, 0) is 11.2 Å². The quantitative estimate of drug-likeness (QED) is 0.654. The fraction of sp³-hybridized carbons (Fsp3) is 0.333. The first-order chi connectivity index (χ1) is 6.79. The zero-order valence-electron chi connectivity index (χ0n) is 7.53. The molecule has 0 unspecified atom stereocenters. The topological polar surface area (TPSA) is 49.7 Å². The first-order valence-corrected chi connectivity index (χ1v) is 5.17. The molecule has 1 rings (SSSR count). The zero-order chi connectivity index (χ0) is 11.5. The average molecular weight is 272 g/mol. The number of benzene rings is 1. The molecule has 0 aliphatic carbocycles. The first kappa shape index (κ1) is 13.0. The van der Waals surface area contributed by atoms with Gasteiger partial charge in [-0.15, -0.1) is 0 Å². The maximum atomic E-state index is 9.38. The normalized spacial score (nSPS) is 12.9. The smallest absolute Gasteiger partial charge is 0.301 e. The van der Waals surface area contributed by atoms with Crippen molar-refractivity contribution in [2.75, 3.05) is 0 Å². The summed E-state index contributed by atoms with van der Waals surface area (Å²) in [5.74, 6) is -2.51. The van der Waals surface area contributed by atoms with E-state index in [1.807, 2.05) is 0 Å². The third-order valence-corrected chi connectivity index (χ3v) is 1.79. The van der Waals surface area contributed by atoms with E-state index in [0.29, 0.717) is 5.56 Å². The second-order valence-electron chi connectivity index (χ2n) is 2.95. The second-order valence-corrected chi connectivity index (χ2v) is 5.13. The van der Waals surface area contributed by atoms with Crippen molar-refractivity contribution in [2.24, 2.45) is 0 Å². The number of alkyl halides is 3. The fourth-order valence-electron chi connectivity index (χ4n) is 1.08. The van der Waals surface area contributed by atoms with Crippen LogP contribution in [0.15, 0.2) is 30.3 Å². The lowest BCUT2D eigenvalue weighted by Crippen LogP contribution is -2.38. The van der Waals surface area contributed by atoms with Crippen LogP contribution in [0.3, 0.4) is 0 Å². The van der Waals surface area contributed by atoms with Crippen molar-refractivity contribution < 1.29 is 14.9 Å². The van der Waals surface area contributed by atoms with E-state index in [-0.39, 0.29) is 6.42 Å². The van der Waals surface area contributed by atoms with Crippen LogP contribution in [0, 0.1) is 0 Å². The molecule has 15 heavy (non-hydrogen) atoms. The zero-order valence-corrected chi connectivity index (χ0v) is 9.80. The van der Waals surface area contributed by atoms with Crippen LogP contribution in [0.2, 0.25) is 0 Å². The molecule has 0 saturated carbocycles. The Morgan fingerprint density at radius 2 is 1.60 bits per heavy atom. The minimum atomic E-state index is -2.51. The number of halogens is 3. The minimum Gasteiger partial charge on any atom is -0.343 e. The molecule has 0 radical (unpaired) electrons. The maximum Gasteiger partial charge on any atom is 0.301 e. The summed E-state index contributed by atoms with van der Waals surface area (Å²) in [6, 6.07) is 8.70. The maximum absolute atomic E-state index is 9.38. The number of hydrogen-bond acceptors (Lipinski definition) is 3. The Morgan fingerprint density at radius 1 is 1.07 bits per heavy atom. The van der Waals surface area contributed by atoms with E-state index in [1.54, 1.807) is 30.3 Å². The molecular formula is C9H9Cl3O3. The lowest BCUT2D eigenvalue weighted by atomic mass is 10.1. The Bertz CT molecular complexity index is 308. The highest BCUT2D eigenvalue weighted by atomic mass is 35.6. The van der Waals surface area contributed by atoms with Gasteiger partial charge in [0.1, 0.15) is 0 Å². The highest BCUT2D eigenvalue weighted by Crippen LogP contribution is 2.32. The third kappa shape index (κ3) is 5.56. The minimum absolute atomic E-state index is 0.193. The van der Waals surface area contributed by atoms with Crippen molar-refractivity contribution in [3.8, 4) is 0 Å². The van der Waals surface area contributed by atoms with Crippen molar-refractivity contribution in [1.29, 1.82) is 0 Å². The summed E-state index contributed by atoms with van der Waals surface area (Å²) in [6.07, 6.45) is -0.193. The Labute approximate surface area is 102 Å². The summed E-state index contributed by atoms with van der Waals surface area (Å²) in [5, 5.41) is 18.8. The van der Waals surface area contributed by atoms with Gasteiger partial charge in [-0.2, -0.15) is 0 Å². The van der Waals surface area contributed by atoms with Crippen LogP contribution in [0.25, 0.3) is 0 Å². The van der Waals surface area contributed by atoms with Crippen LogP contribution in [-0.4, -0.2) is 20.2 Å². The van der Waals surface area contributed by atoms with Crippen molar-refractivity contribution in [3.63, 3.8) is 0 Å². The van der Waals surface area contributed by atoms with Crippen LogP contribution >= 0.6 is 34.8 Å². The van der Waals surface area contributed by atoms with Crippen LogP contribution in [0.5, 0.6) is 0 Å². The summed E-state index contributed by atoms with van der Waals surface area (Å²) in [6.45, 7) is 0. The van der Waals surface area contributed by atoms with Crippen molar-refractivity contribution >= 4 is 34.8 Å². The summed E-state index contributed by atoms with van der Waals surface area (Å²) in [4.78, 5) is 0. The van der Waals surface area contributed by atoms with Crippen LogP contribution in [0.1, 0.15) is 5.56 Å². The molecule has 0 heterocycles. The molecule has 6 heteroatoms. The molecule has 0 aliphatic heterocycles. The van der Waals surface area contributed by atoms with Gasteiger partial charge in [-0.25, -0.2) is 0 Å². The third-order valence-electron chi connectivity index (χ3n) is 1.56. The van der Waals surface area contributed by atoms with Crippen molar-refractivity contribution in [2.45, 2.75) is 16.4 Å². The summed E-state index contributed by atoms with van der Waals surface area (Å²) >= 11 is 15.8. The molecule has 0 bridgehead atoms. The SMILES string of the molecule is OC(O)(Cc1ccccc1)OC(Cl)(Cl)Cl. The molecule has 3 nitrogen and oxygen atoms in total. The molecule has 1 aromatic carbocycles.